The molecule has 7 heteroatoms. The number of allylic oxidation sites excluding steroid dienone is 1. The third-order valence-corrected chi connectivity index (χ3v) is 3.26. The summed E-state index contributed by atoms with van der Waals surface area (Å²) in [4.78, 5) is 20.9. The Labute approximate surface area is 143 Å². The molecule has 0 radical (unpaired) electrons. The smallest absolute Gasteiger partial charge is 0.269 e. The average molecular weight is 348 g/mol. The molecule has 2 aromatic rings. The molecule has 0 unspecified atom stereocenters. The van der Waals surface area contributed by atoms with E-state index in [-0.39, 0.29) is 12.3 Å². The molecule has 0 bridgehead atoms. The highest BCUT2D eigenvalue weighted by Crippen LogP contribution is 2.29. The van der Waals surface area contributed by atoms with Gasteiger partial charge in [-0.05, 0) is 53.1 Å². The van der Waals surface area contributed by atoms with Crippen molar-refractivity contribution in [3.63, 3.8) is 0 Å². The second-order valence-electron chi connectivity index (χ2n) is 4.76. The third kappa shape index (κ3) is 4.82. The van der Waals surface area contributed by atoms with Crippen molar-refractivity contribution in [2.45, 2.75) is 6.61 Å². The molecule has 0 aliphatic heterocycles. The molecule has 6 nitrogen and oxygen atoms in total. The van der Waals surface area contributed by atoms with E-state index < -0.39 is 10.2 Å². The number of hydrogen-bond acceptors (Lipinski definition) is 5. The minimum Gasteiger partial charge on any atom is -0.493 e. The molecule has 0 atom stereocenters. The van der Waals surface area contributed by atoms with Gasteiger partial charge in [-0.15, -0.1) is 0 Å². The van der Waals surface area contributed by atoms with Crippen LogP contribution >= 0.6 is 11.6 Å². The van der Waals surface area contributed by atoms with E-state index in [0.717, 1.165) is 11.1 Å². The van der Waals surface area contributed by atoms with Crippen molar-refractivity contribution in [2.75, 3.05) is 7.11 Å². The Kier molecular flexibility index (Phi) is 5.92. The van der Waals surface area contributed by atoms with E-state index >= 15 is 0 Å². The summed E-state index contributed by atoms with van der Waals surface area (Å²) in [6, 6.07) is 11.3. The van der Waals surface area contributed by atoms with Gasteiger partial charge < -0.3 is 9.47 Å². The summed E-state index contributed by atoms with van der Waals surface area (Å²) < 4.78 is 10.9. The molecular formula is C17H14ClNO5. The molecular weight excluding hydrogens is 334 g/mol. The molecule has 0 aliphatic carbocycles. The van der Waals surface area contributed by atoms with Crippen LogP contribution < -0.4 is 9.47 Å². The molecule has 24 heavy (non-hydrogen) atoms. The summed E-state index contributed by atoms with van der Waals surface area (Å²) in [6.07, 6.45) is 2.81. The van der Waals surface area contributed by atoms with E-state index in [2.05, 4.69) is 0 Å². The van der Waals surface area contributed by atoms with Crippen molar-refractivity contribution in [1.82, 2.24) is 0 Å². The molecule has 0 N–H and O–H groups in total. The normalized spacial score (nSPS) is 10.6. The van der Waals surface area contributed by atoms with Gasteiger partial charge in [-0.3, -0.25) is 14.9 Å². The van der Waals surface area contributed by atoms with Gasteiger partial charge in [-0.1, -0.05) is 12.1 Å². The van der Waals surface area contributed by atoms with Gasteiger partial charge >= 0.3 is 0 Å². The molecule has 0 saturated carbocycles. The number of halogens is 1. The Bertz CT molecular complexity index is 771. The van der Waals surface area contributed by atoms with Crippen molar-refractivity contribution in [1.29, 1.82) is 0 Å². The molecule has 0 heterocycles. The molecule has 0 fully saturated rings. The highest BCUT2D eigenvalue weighted by atomic mass is 35.5. The van der Waals surface area contributed by atoms with Crippen LogP contribution in [-0.4, -0.2) is 17.3 Å². The van der Waals surface area contributed by atoms with Gasteiger partial charge in [0.15, 0.2) is 11.5 Å². The van der Waals surface area contributed by atoms with Crippen molar-refractivity contribution >= 4 is 28.6 Å². The van der Waals surface area contributed by atoms with Gasteiger partial charge in [0.1, 0.15) is 6.61 Å². The van der Waals surface area contributed by atoms with E-state index in [4.69, 9.17) is 21.1 Å². The first kappa shape index (κ1) is 17.5. The largest absolute Gasteiger partial charge is 0.493 e. The fourth-order valence-electron chi connectivity index (χ4n) is 1.94. The number of carbonyl (C=O) groups is 1. The number of nitro groups is 1. The SMILES string of the molecule is COc1cc(/C=C/C(=O)Cl)ccc1OCc1ccc([N+](=O)[O-])cc1. The topological polar surface area (TPSA) is 78.7 Å². The minimum atomic E-state index is -0.563. The maximum absolute atomic E-state index is 10.7. The van der Waals surface area contributed by atoms with E-state index in [1.165, 1.54) is 25.3 Å². The van der Waals surface area contributed by atoms with Gasteiger partial charge in [0, 0.05) is 12.1 Å². The van der Waals surface area contributed by atoms with E-state index in [1.807, 2.05) is 0 Å². The first-order valence-corrected chi connectivity index (χ1v) is 7.29. The van der Waals surface area contributed by atoms with Crippen LogP contribution in [0.4, 0.5) is 5.69 Å². The van der Waals surface area contributed by atoms with Crippen LogP contribution in [0, 0.1) is 10.1 Å². The van der Waals surface area contributed by atoms with Crippen LogP contribution in [-0.2, 0) is 11.4 Å². The summed E-state index contributed by atoms with van der Waals surface area (Å²) in [5, 5.41) is 10.1. The average Bonchev–Trinajstić information content (AvgIpc) is 2.58. The lowest BCUT2D eigenvalue weighted by Gasteiger charge is -2.11. The van der Waals surface area contributed by atoms with Crippen molar-refractivity contribution in [3.8, 4) is 11.5 Å². The summed E-state index contributed by atoms with van der Waals surface area (Å²) in [5.74, 6) is 1.02. The molecule has 124 valence electrons. The number of carbonyl (C=O) groups excluding carboxylic acids is 1. The molecule has 0 amide bonds. The fourth-order valence-corrected chi connectivity index (χ4v) is 2.01. The zero-order valence-electron chi connectivity index (χ0n) is 12.8. The maximum atomic E-state index is 10.7. The predicted molar refractivity (Wildman–Crippen MR) is 90.3 cm³/mol. The molecule has 2 rings (SSSR count). The summed E-state index contributed by atoms with van der Waals surface area (Å²) in [6.45, 7) is 0.240. The van der Waals surface area contributed by atoms with Gasteiger partial charge in [0.2, 0.25) is 5.24 Å². The minimum absolute atomic E-state index is 0.0290. The second-order valence-corrected chi connectivity index (χ2v) is 5.13. The number of rotatable bonds is 7. The number of ether oxygens (including phenoxy) is 2. The zero-order chi connectivity index (χ0) is 17.5. The lowest BCUT2D eigenvalue weighted by molar-refractivity contribution is -0.384. The third-order valence-electron chi connectivity index (χ3n) is 3.14. The summed E-state index contributed by atoms with van der Waals surface area (Å²) >= 11 is 5.26. The van der Waals surface area contributed by atoms with Crippen LogP contribution in [0.3, 0.4) is 0 Å². The lowest BCUT2D eigenvalue weighted by atomic mass is 10.2. The molecule has 2 aromatic carbocycles. The zero-order valence-corrected chi connectivity index (χ0v) is 13.5. The van der Waals surface area contributed by atoms with Crippen LogP contribution in [0.25, 0.3) is 6.08 Å². The van der Waals surface area contributed by atoms with E-state index in [1.54, 1.807) is 36.4 Å². The first-order valence-electron chi connectivity index (χ1n) is 6.91. The fraction of sp³-hybridized carbons (Fsp3) is 0.118. The lowest BCUT2D eigenvalue weighted by Crippen LogP contribution is -1.98. The standard InChI is InChI=1S/C17H14ClNO5/c1-23-16-10-12(5-9-17(18)20)4-8-15(16)24-11-13-2-6-14(7-3-13)19(21)22/h2-10H,11H2,1H3/b9-5+. The van der Waals surface area contributed by atoms with Crippen molar-refractivity contribution in [3.05, 3.63) is 69.8 Å². The highest BCUT2D eigenvalue weighted by Gasteiger charge is 2.07. The Morgan fingerprint density at radius 1 is 1.21 bits per heavy atom. The number of non-ortho nitro benzene ring substituents is 1. The van der Waals surface area contributed by atoms with Crippen LogP contribution in [0.2, 0.25) is 0 Å². The predicted octanol–water partition coefficient (Wildman–Crippen LogP) is 3.96. The van der Waals surface area contributed by atoms with Gasteiger partial charge in [-0.25, -0.2) is 0 Å². The molecule has 0 aromatic heterocycles. The second kappa shape index (κ2) is 8.12. The first-order chi connectivity index (χ1) is 11.5. The summed E-state index contributed by atoms with van der Waals surface area (Å²) in [7, 11) is 1.51. The van der Waals surface area contributed by atoms with E-state index in [9.17, 15) is 14.9 Å². The number of nitro benzene ring substituents is 1. The monoisotopic (exact) mass is 347 g/mol. The molecule has 0 aliphatic rings. The number of methoxy groups -OCH3 is 1. The van der Waals surface area contributed by atoms with Gasteiger partial charge in [0.25, 0.3) is 5.69 Å². The van der Waals surface area contributed by atoms with Crippen LogP contribution in [0.1, 0.15) is 11.1 Å². The molecule has 0 saturated heterocycles. The Morgan fingerprint density at radius 3 is 2.50 bits per heavy atom. The quantitative estimate of drug-likeness (QED) is 0.328. The number of hydrogen-bond donors (Lipinski definition) is 0. The maximum Gasteiger partial charge on any atom is 0.269 e. The van der Waals surface area contributed by atoms with E-state index in [0.29, 0.717) is 11.5 Å². The Morgan fingerprint density at radius 2 is 1.92 bits per heavy atom. The van der Waals surface area contributed by atoms with Crippen LogP contribution in [0.15, 0.2) is 48.5 Å². The summed E-state index contributed by atoms with van der Waals surface area (Å²) in [5.41, 5.74) is 1.56. The molecule has 0 spiro atoms. The Balaban J connectivity index is 2.08. The van der Waals surface area contributed by atoms with Crippen molar-refractivity contribution in [2.24, 2.45) is 0 Å². The van der Waals surface area contributed by atoms with Crippen molar-refractivity contribution < 1.29 is 19.2 Å². The number of benzene rings is 2. The van der Waals surface area contributed by atoms with Crippen LogP contribution in [0.5, 0.6) is 11.5 Å². The number of nitrogens with zero attached hydrogens (tertiary/aromatic N) is 1. The van der Waals surface area contributed by atoms with Gasteiger partial charge in [0.05, 0.1) is 12.0 Å². The van der Waals surface area contributed by atoms with Gasteiger partial charge in [-0.2, -0.15) is 0 Å². The Hall–Kier alpha value is -2.86. The highest BCUT2D eigenvalue weighted by molar-refractivity contribution is 6.66.